The fraction of sp³-hybridized carbons (Fsp3) is 0.0471. The third-order valence-corrected chi connectivity index (χ3v) is 18.9. The van der Waals surface area contributed by atoms with E-state index in [-0.39, 0.29) is 5.41 Å². The topological polar surface area (TPSA) is 139 Å². The van der Waals surface area contributed by atoms with Gasteiger partial charge >= 0.3 is 0 Å². The van der Waals surface area contributed by atoms with Crippen molar-refractivity contribution in [3.63, 3.8) is 0 Å². The molecule has 15 aromatic rings. The molecule has 5 heterocycles. The molecular formula is C85H58N10. The standard InChI is InChI=1S/C85H58N10/c1-84(2)69-35-17-15-33-64(69)65-39-37-60(49-70(65)84)75-50-71-76(79(89-75)55-23-9-4-10-24-55)67-40-42-74(91-83-90-73-36-18-16-34-66(73)78(92-83)54-21-7-3-8-22-54)68(51-86)77(67)85(71,62-32-20-29-58(48-62)53-43-45-87-46-44-53)63-38-41-72(88-52-63)59-30-19-31-61(47-59)82-94-80(56-25-11-5-12-26-56)93-81(95-82)57-27-13-6-14-28-57/h3-52,86H,1-2H3,(H,90,91,92). The monoisotopic (exact) mass is 1220 g/mol. The van der Waals surface area contributed by atoms with Gasteiger partial charge in [0, 0.05) is 85.7 Å². The van der Waals surface area contributed by atoms with Gasteiger partial charge in [0.25, 0.3) is 0 Å². The Kier molecular flexibility index (Phi) is 13.7. The van der Waals surface area contributed by atoms with Gasteiger partial charge < -0.3 is 10.7 Å². The molecule has 10 nitrogen and oxygen atoms in total. The molecule has 95 heavy (non-hydrogen) atoms. The predicted octanol–water partition coefficient (Wildman–Crippen LogP) is 19.7. The summed E-state index contributed by atoms with van der Waals surface area (Å²) < 4.78 is 0. The zero-order valence-electron chi connectivity index (χ0n) is 51.9. The lowest BCUT2D eigenvalue weighted by Crippen LogP contribution is -2.30. The minimum Gasteiger partial charge on any atom is -0.324 e. The number of anilines is 2. The van der Waals surface area contributed by atoms with Crippen molar-refractivity contribution in [1.82, 2.24) is 39.9 Å². The van der Waals surface area contributed by atoms with Crippen LogP contribution in [0.4, 0.5) is 11.6 Å². The summed E-state index contributed by atoms with van der Waals surface area (Å²) in [5, 5.41) is 14.5. The first-order chi connectivity index (χ1) is 46.8. The SMILES string of the molecule is CC1(C)c2ccccc2-c2ccc(-c3cc4c(c(-c5ccccc5)n3)-c3ccc(Nc5nc(-c6ccccc6)c6ccccc6n5)c(C=N)c3C4(c3ccc(-c4cccc(-c5nc(-c6ccccc6)nc(-c6ccccc6)n5)c4)nc3)c3cccc(-c4ccncc4)c3)cc21. The number of rotatable bonds is 13. The van der Waals surface area contributed by atoms with E-state index in [0.717, 1.165) is 117 Å². The molecule has 10 aromatic carbocycles. The molecule has 1 atom stereocenters. The van der Waals surface area contributed by atoms with Crippen molar-refractivity contribution in [1.29, 1.82) is 5.41 Å². The van der Waals surface area contributed by atoms with Crippen molar-refractivity contribution in [2.24, 2.45) is 0 Å². The highest BCUT2D eigenvalue weighted by atomic mass is 15.1. The van der Waals surface area contributed by atoms with Gasteiger partial charge in [-0.05, 0) is 116 Å². The molecule has 0 aliphatic heterocycles. The van der Waals surface area contributed by atoms with Crippen molar-refractivity contribution in [2.45, 2.75) is 24.7 Å². The summed E-state index contributed by atoms with van der Waals surface area (Å²) in [5.74, 6) is 2.12. The molecule has 0 bridgehead atoms. The summed E-state index contributed by atoms with van der Waals surface area (Å²) >= 11 is 0. The Balaban J connectivity index is 0.915. The van der Waals surface area contributed by atoms with Crippen LogP contribution in [0.5, 0.6) is 0 Å². The average Bonchev–Trinajstić information content (AvgIpc) is 1.53. The number of para-hydroxylation sites is 1. The number of hydrogen-bond acceptors (Lipinski definition) is 10. The lowest BCUT2D eigenvalue weighted by Gasteiger charge is -2.35. The highest BCUT2D eigenvalue weighted by Gasteiger charge is 2.50. The zero-order chi connectivity index (χ0) is 63.6. The molecule has 0 fully saturated rings. The second-order valence-corrected chi connectivity index (χ2v) is 24.7. The lowest BCUT2D eigenvalue weighted by atomic mass is 9.66. The van der Waals surface area contributed by atoms with Crippen LogP contribution >= 0.6 is 0 Å². The van der Waals surface area contributed by atoms with Crippen LogP contribution in [0.15, 0.2) is 298 Å². The maximum atomic E-state index is 9.87. The van der Waals surface area contributed by atoms with Crippen molar-refractivity contribution in [2.75, 3.05) is 5.32 Å². The van der Waals surface area contributed by atoms with Gasteiger partial charge in [-0.15, -0.1) is 0 Å². The second kappa shape index (κ2) is 23.0. The van der Waals surface area contributed by atoms with E-state index in [2.05, 4.69) is 194 Å². The first kappa shape index (κ1) is 56.5. The van der Waals surface area contributed by atoms with E-state index < -0.39 is 5.41 Å². The fourth-order valence-corrected chi connectivity index (χ4v) is 14.4. The Hall–Kier alpha value is -12.5. The molecule has 448 valence electrons. The number of fused-ring (bicyclic) bond motifs is 7. The summed E-state index contributed by atoms with van der Waals surface area (Å²) in [6.07, 6.45) is 7.20. The van der Waals surface area contributed by atoms with Crippen LogP contribution < -0.4 is 5.32 Å². The van der Waals surface area contributed by atoms with E-state index in [0.29, 0.717) is 34.7 Å². The summed E-state index contributed by atoms with van der Waals surface area (Å²) in [5.41, 5.74) is 23.0. The van der Waals surface area contributed by atoms with Crippen LogP contribution in [-0.2, 0) is 10.8 Å². The van der Waals surface area contributed by atoms with Gasteiger partial charge in [0.15, 0.2) is 17.5 Å². The lowest BCUT2D eigenvalue weighted by molar-refractivity contribution is 0.660. The highest BCUT2D eigenvalue weighted by molar-refractivity contribution is 6.04. The molecule has 5 aromatic heterocycles. The molecule has 17 rings (SSSR count). The first-order valence-corrected chi connectivity index (χ1v) is 31.9. The molecule has 0 saturated heterocycles. The van der Waals surface area contributed by atoms with Gasteiger partial charge in [0.1, 0.15) is 0 Å². The summed E-state index contributed by atoms with van der Waals surface area (Å²) in [4.78, 5) is 41.5. The Bertz CT molecular complexity index is 5430. The zero-order valence-corrected chi connectivity index (χ0v) is 51.9. The van der Waals surface area contributed by atoms with E-state index in [4.69, 9.17) is 34.9 Å². The summed E-state index contributed by atoms with van der Waals surface area (Å²) in [7, 11) is 0. The second-order valence-electron chi connectivity index (χ2n) is 24.7. The van der Waals surface area contributed by atoms with Crippen LogP contribution in [0.2, 0.25) is 0 Å². The van der Waals surface area contributed by atoms with Crippen molar-refractivity contribution < 1.29 is 0 Å². The third kappa shape index (κ3) is 9.60. The van der Waals surface area contributed by atoms with Crippen LogP contribution in [0.3, 0.4) is 0 Å². The normalized spacial score (nSPS) is 14.0. The van der Waals surface area contributed by atoms with Crippen LogP contribution in [0, 0.1) is 5.41 Å². The van der Waals surface area contributed by atoms with E-state index in [1.807, 2.05) is 128 Å². The van der Waals surface area contributed by atoms with Crippen molar-refractivity contribution in [3.05, 3.63) is 337 Å². The molecule has 0 saturated carbocycles. The molecule has 0 amide bonds. The van der Waals surface area contributed by atoms with Gasteiger partial charge in [-0.3, -0.25) is 9.97 Å². The number of nitrogens with one attached hydrogen (secondary N) is 2. The largest absolute Gasteiger partial charge is 0.324 e. The minimum atomic E-state index is -1.18. The van der Waals surface area contributed by atoms with Crippen LogP contribution in [0.1, 0.15) is 52.8 Å². The molecule has 10 heteroatoms. The Morgan fingerprint density at radius 1 is 0.379 bits per heavy atom. The highest BCUT2D eigenvalue weighted by Crippen LogP contribution is 2.61. The first-order valence-electron chi connectivity index (χ1n) is 31.9. The Morgan fingerprint density at radius 3 is 1.67 bits per heavy atom. The number of benzene rings is 10. The maximum absolute atomic E-state index is 9.87. The maximum Gasteiger partial charge on any atom is 0.228 e. The number of nitrogens with zero attached hydrogens (tertiary/aromatic N) is 8. The average molecular weight is 1220 g/mol. The van der Waals surface area contributed by atoms with Gasteiger partial charge in [0.05, 0.1) is 39.4 Å². The quantitative estimate of drug-likeness (QED) is 0.108. The van der Waals surface area contributed by atoms with E-state index >= 15 is 0 Å². The fourth-order valence-electron chi connectivity index (χ4n) is 14.4. The minimum absolute atomic E-state index is 0.262. The Labute approximate surface area is 550 Å². The molecule has 2 aliphatic carbocycles. The van der Waals surface area contributed by atoms with Gasteiger partial charge in [-0.2, -0.15) is 0 Å². The van der Waals surface area contributed by atoms with E-state index in [1.165, 1.54) is 28.5 Å². The van der Waals surface area contributed by atoms with Crippen LogP contribution in [-0.4, -0.2) is 46.1 Å². The van der Waals surface area contributed by atoms with Crippen molar-refractivity contribution in [3.8, 4) is 113 Å². The molecule has 2 aliphatic rings. The number of pyridine rings is 3. The van der Waals surface area contributed by atoms with E-state index in [1.54, 1.807) is 0 Å². The Morgan fingerprint density at radius 2 is 0.968 bits per heavy atom. The van der Waals surface area contributed by atoms with Crippen LogP contribution in [0.25, 0.3) is 123 Å². The molecule has 0 spiro atoms. The number of aromatic nitrogens is 8. The number of hydrogen-bond donors (Lipinski definition) is 2. The van der Waals surface area contributed by atoms with Gasteiger partial charge in [-0.25, -0.2) is 29.9 Å². The smallest absolute Gasteiger partial charge is 0.228 e. The van der Waals surface area contributed by atoms with Gasteiger partial charge in [-0.1, -0.05) is 238 Å². The van der Waals surface area contributed by atoms with E-state index in [9.17, 15) is 5.41 Å². The van der Waals surface area contributed by atoms with Gasteiger partial charge in [0.2, 0.25) is 5.95 Å². The molecule has 2 N–H and O–H groups in total. The summed E-state index contributed by atoms with van der Waals surface area (Å²) in [6, 6.07) is 96.7. The van der Waals surface area contributed by atoms with Crippen molar-refractivity contribution >= 4 is 28.8 Å². The molecule has 0 radical (unpaired) electrons. The third-order valence-electron chi connectivity index (χ3n) is 18.9. The molecular weight excluding hydrogens is 1160 g/mol. The predicted molar refractivity (Wildman–Crippen MR) is 382 cm³/mol. The summed E-state index contributed by atoms with van der Waals surface area (Å²) in [6.45, 7) is 4.65. The molecule has 1 unspecified atom stereocenters.